The molecule has 0 saturated heterocycles. The average molecular weight is 633 g/mol. The van der Waals surface area contributed by atoms with E-state index in [1.165, 1.54) is 0 Å². The number of ether oxygens (including phenoxy) is 2. The van der Waals surface area contributed by atoms with Gasteiger partial charge in [-0.3, -0.25) is 4.79 Å². The number of benzene rings is 3. The zero-order valence-electron chi connectivity index (χ0n) is 24.5. The van der Waals surface area contributed by atoms with Crippen LogP contribution in [0.1, 0.15) is 48.3 Å². The molecule has 228 valence electrons. The Bertz CT molecular complexity index is 1490. The van der Waals surface area contributed by atoms with Gasteiger partial charge in [-0.15, -0.1) is 11.6 Å². The van der Waals surface area contributed by atoms with Gasteiger partial charge >= 0.3 is 5.97 Å². The molecule has 0 bridgehead atoms. The van der Waals surface area contributed by atoms with Crippen LogP contribution >= 0.6 is 23.2 Å². The van der Waals surface area contributed by atoms with E-state index in [9.17, 15) is 9.59 Å². The number of halogens is 2. The summed E-state index contributed by atoms with van der Waals surface area (Å²) in [7, 11) is 0. The molecule has 2 N–H and O–H groups in total. The Morgan fingerprint density at radius 3 is 2.27 bits per heavy atom. The van der Waals surface area contributed by atoms with Crippen molar-refractivity contribution in [2.45, 2.75) is 31.6 Å². The number of dihydropyridines is 1. The maximum absolute atomic E-state index is 14.2. The molecule has 0 spiro atoms. The van der Waals surface area contributed by atoms with Gasteiger partial charge in [0.1, 0.15) is 6.61 Å². The molecule has 0 aliphatic carbocycles. The monoisotopic (exact) mass is 631 g/mol. The van der Waals surface area contributed by atoms with Crippen molar-refractivity contribution in [1.29, 1.82) is 5.26 Å². The molecule has 4 rings (SSSR count). The van der Waals surface area contributed by atoms with Gasteiger partial charge in [-0.05, 0) is 42.2 Å². The number of hydrogen-bond donors (Lipinski definition) is 2. The lowest BCUT2D eigenvalue weighted by Crippen LogP contribution is -2.39. The van der Waals surface area contributed by atoms with E-state index in [4.69, 9.17) is 37.9 Å². The Hall–Kier alpha value is -4.09. The number of nitriles is 1. The third-order valence-corrected chi connectivity index (χ3v) is 7.72. The van der Waals surface area contributed by atoms with Crippen LogP contribution in [-0.4, -0.2) is 44.1 Å². The highest BCUT2D eigenvalue weighted by Gasteiger charge is 2.38. The number of carbonyl (C=O) groups excluding carboxylic acids is 2. The maximum Gasteiger partial charge on any atom is 0.336 e. The molecule has 0 aromatic heterocycles. The average Bonchev–Trinajstić information content (AvgIpc) is 3.03. The van der Waals surface area contributed by atoms with Crippen LogP contribution in [-0.2, 0) is 19.1 Å². The summed E-state index contributed by atoms with van der Waals surface area (Å²) in [6.45, 7) is 2.42. The summed E-state index contributed by atoms with van der Waals surface area (Å²) < 4.78 is 11.2. The second-order valence-electron chi connectivity index (χ2n) is 10.2. The van der Waals surface area contributed by atoms with E-state index in [0.29, 0.717) is 40.5 Å². The van der Waals surface area contributed by atoms with Gasteiger partial charge in [-0.2, -0.15) is 5.26 Å². The molecular formula is C35H35Cl2N3O4. The Balaban J connectivity index is 1.67. The Kier molecular flexibility index (Phi) is 12.4. The molecule has 1 atom stereocenters. The third kappa shape index (κ3) is 8.51. The van der Waals surface area contributed by atoms with Crippen LogP contribution in [0, 0.1) is 11.3 Å². The van der Waals surface area contributed by atoms with Gasteiger partial charge in [-0.1, -0.05) is 84.4 Å². The van der Waals surface area contributed by atoms with Crippen LogP contribution in [0.5, 0.6) is 0 Å². The number of alkyl halides is 1. The normalized spacial score (nSPS) is 14.7. The molecule has 1 unspecified atom stereocenters. The van der Waals surface area contributed by atoms with Crippen LogP contribution in [0.3, 0.4) is 0 Å². The van der Waals surface area contributed by atoms with Crippen molar-refractivity contribution in [2.24, 2.45) is 0 Å². The van der Waals surface area contributed by atoms with Crippen LogP contribution in [0.25, 0.3) is 0 Å². The van der Waals surface area contributed by atoms with Crippen LogP contribution in [0.4, 0.5) is 0 Å². The zero-order chi connectivity index (χ0) is 31.3. The molecule has 9 heteroatoms. The van der Waals surface area contributed by atoms with Gasteiger partial charge in [0.2, 0.25) is 5.91 Å². The van der Waals surface area contributed by atoms with Crippen LogP contribution in [0.15, 0.2) is 107 Å². The lowest BCUT2D eigenvalue weighted by molar-refractivity contribution is -0.139. The standard InChI is InChI=1S/C35H35Cl2N3O4/c1-24-31(35(42)44-20-9-18-38)32(27-14-8-15-28(37)22-27)33(30(40-24)23-43-21-17-36)34(41)39-19-16-29(25-10-4-2-5-11-25)26-12-6-3-7-13-26/h2-8,10-15,22,29,32,40H,9,16-17,19-21,23H2,1H3,(H,39,41). The molecule has 0 saturated carbocycles. The summed E-state index contributed by atoms with van der Waals surface area (Å²) in [5.74, 6) is -1.40. The molecule has 3 aromatic rings. The van der Waals surface area contributed by atoms with Gasteiger partial charge in [0.05, 0.1) is 48.5 Å². The second-order valence-corrected chi connectivity index (χ2v) is 11.1. The van der Waals surface area contributed by atoms with Crippen molar-refractivity contribution in [3.05, 3.63) is 129 Å². The Morgan fingerprint density at radius 1 is 0.977 bits per heavy atom. The van der Waals surface area contributed by atoms with Crippen molar-refractivity contribution in [2.75, 3.05) is 32.2 Å². The van der Waals surface area contributed by atoms with E-state index >= 15 is 0 Å². The Labute approximate surface area is 268 Å². The number of allylic oxidation sites excluding steroid dienone is 1. The van der Waals surface area contributed by atoms with E-state index < -0.39 is 11.9 Å². The first kappa shape index (κ1) is 32.8. The summed E-state index contributed by atoms with van der Waals surface area (Å²) in [4.78, 5) is 27.6. The summed E-state index contributed by atoms with van der Waals surface area (Å²) >= 11 is 12.3. The molecule has 44 heavy (non-hydrogen) atoms. The van der Waals surface area contributed by atoms with Crippen molar-refractivity contribution in [1.82, 2.24) is 10.6 Å². The van der Waals surface area contributed by atoms with Gasteiger partial charge in [-0.25, -0.2) is 4.79 Å². The molecule has 1 heterocycles. The number of rotatable bonds is 14. The first-order valence-electron chi connectivity index (χ1n) is 14.5. The number of carbonyl (C=O) groups is 2. The van der Waals surface area contributed by atoms with Crippen molar-refractivity contribution >= 4 is 35.1 Å². The van der Waals surface area contributed by atoms with Gasteiger partial charge in [0, 0.05) is 29.1 Å². The highest BCUT2D eigenvalue weighted by atomic mass is 35.5. The first-order chi connectivity index (χ1) is 21.4. The maximum atomic E-state index is 14.2. The smallest absolute Gasteiger partial charge is 0.336 e. The van der Waals surface area contributed by atoms with Gasteiger partial charge in [0.25, 0.3) is 0 Å². The molecule has 0 radical (unpaired) electrons. The predicted octanol–water partition coefficient (Wildman–Crippen LogP) is 6.61. The predicted molar refractivity (Wildman–Crippen MR) is 172 cm³/mol. The van der Waals surface area contributed by atoms with Crippen LogP contribution in [0.2, 0.25) is 5.02 Å². The number of esters is 1. The highest BCUT2D eigenvalue weighted by Crippen LogP contribution is 2.40. The summed E-state index contributed by atoms with van der Waals surface area (Å²) in [6.07, 6.45) is 0.705. The number of nitrogens with zero attached hydrogens (tertiary/aromatic N) is 1. The fourth-order valence-corrected chi connectivity index (χ4v) is 5.69. The zero-order valence-corrected chi connectivity index (χ0v) is 26.0. The second kappa shape index (κ2) is 16.7. The van der Waals surface area contributed by atoms with Gasteiger partial charge < -0.3 is 20.1 Å². The molecule has 7 nitrogen and oxygen atoms in total. The first-order valence-corrected chi connectivity index (χ1v) is 15.4. The molecule has 1 aliphatic heterocycles. The van der Waals surface area contributed by atoms with E-state index in [2.05, 4.69) is 34.9 Å². The minimum Gasteiger partial charge on any atom is -0.461 e. The van der Waals surface area contributed by atoms with E-state index in [-0.39, 0.29) is 49.5 Å². The fraction of sp³-hybridized carbons (Fsp3) is 0.286. The summed E-state index contributed by atoms with van der Waals surface area (Å²) in [5.41, 5.74) is 4.59. The molecule has 1 aliphatic rings. The molecular weight excluding hydrogens is 597 g/mol. The van der Waals surface area contributed by atoms with Crippen molar-refractivity contribution in [3.8, 4) is 6.07 Å². The summed E-state index contributed by atoms with van der Waals surface area (Å²) in [5, 5.41) is 15.8. The lowest BCUT2D eigenvalue weighted by atomic mass is 9.79. The topological polar surface area (TPSA) is 100 Å². The number of nitrogens with one attached hydrogen (secondary N) is 2. The quantitative estimate of drug-likeness (QED) is 0.118. The number of hydrogen-bond acceptors (Lipinski definition) is 6. The lowest BCUT2D eigenvalue weighted by Gasteiger charge is -2.32. The largest absolute Gasteiger partial charge is 0.461 e. The molecule has 0 fully saturated rings. The third-order valence-electron chi connectivity index (χ3n) is 7.33. The molecule has 1 amide bonds. The van der Waals surface area contributed by atoms with E-state index in [1.54, 1.807) is 25.1 Å². The SMILES string of the molecule is CC1=C(C(=O)OCCC#N)C(c2cccc(Cl)c2)C(C(=O)NCCC(c2ccccc2)c2ccccc2)=C(COCCCl)N1. The molecule has 3 aromatic carbocycles. The van der Waals surface area contributed by atoms with E-state index in [0.717, 1.165) is 11.1 Å². The fourth-order valence-electron chi connectivity index (χ4n) is 5.39. The van der Waals surface area contributed by atoms with Crippen molar-refractivity contribution < 1.29 is 19.1 Å². The minimum atomic E-state index is -0.793. The Morgan fingerprint density at radius 2 is 1.66 bits per heavy atom. The number of amides is 1. The van der Waals surface area contributed by atoms with E-state index in [1.807, 2.05) is 48.5 Å². The van der Waals surface area contributed by atoms with Crippen LogP contribution < -0.4 is 10.6 Å². The minimum absolute atomic E-state index is 0.0536. The van der Waals surface area contributed by atoms with Gasteiger partial charge in [0.15, 0.2) is 0 Å². The summed E-state index contributed by atoms with van der Waals surface area (Å²) in [6, 6.07) is 29.4. The highest BCUT2D eigenvalue weighted by molar-refractivity contribution is 6.30. The van der Waals surface area contributed by atoms with Crippen molar-refractivity contribution in [3.63, 3.8) is 0 Å².